The molecule has 0 aromatic carbocycles. The number of hydrogen-bond acceptors (Lipinski definition) is 6. The first-order chi connectivity index (χ1) is 9.74. The fourth-order valence-corrected chi connectivity index (χ4v) is 2.43. The second-order valence-electron chi connectivity index (χ2n) is 4.20. The average Bonchev–Trinajstić information content (AvgIpc) is 2.97. The van der Waals surface area contributed by atoms with Gasteiger partial charge in [0.05, 0.1) is 0 Å². The van der Waals surface area contributed by atoms with Crippen LogP contribution in [0.15, 0.2) is 23.8 Å². The lowest BCUT2D eigenvalue weighted by molar-refractivity contribution is 0.0925. The van der Waals surface area contributed by atoms with E-state index in [9.17, 15) is 4.79 Å². The van der Waals surface area contributed by atoms with Crippen LogP contribution >= 0.6 is 11.3 Å². The normalized spacial score (nSPS) is 12.1. The number of rotatable bonds is 6. The zero-order valence-corrected chi connectivity index (χ0v) is 11.9. The molecule has 0 bridgehead atoms. The van der Waals surface area contributed by atoms with E-state index in [1.165, 1.54) is 11.3 Å². The molecule has 0 fully saturated rings. The van der Waals surface area contributed by atoms with E-state index in [1.807, 2.05) is 6.92 Å². The minimum absolute atomic E-state index is 0.0365. The van der Waals surface area contributed by atoms with Gasteiger partial charge in [-0.1, -0.05) is 6.92 Å². The Bertz CT molecular complexity index is 559. The number of aliphatic hydroxyl groups excluding tert-OH is 1. The van der Waals surface area contributed by atoms with Crippen LogP contribution in [0.5, 0.6) is 0 Å². The van der Waals surface area contributed by atoms with Crippen LogP contribution in [0.4, 0.5) is 0 Å². The van der Waals surface area contributed by atoms with Gasteiger partial charge in [-0.15, -0.1) is 11.3 Å². The summed E-state index contributed by atoms with van der Waals surface area (Å²) in [6.45, 7) is 2.02. The number of aliphatic hydroxyl groups is 1. The van der Waals surface area contributed by atoms with E-state index in [2.05, 4.69) is 20.3 Å². The van der Waals surface area contributed by atoms with Crippen LogP contribution in [0.3, 0.4) is 0 Å². The molecule has 2 rings (SSSR count). The first-order valence-corrected chi connectivity index (χ1v) is 7.27. The highest BCUT2D eigenvalue weighted by atomic mass is 32.1. The second-order valence-corrected chi connectivity index (χ2v) is 5.06. The number of carbonyl (C=O) groups excluding carboxylic acids is 1. The van der Waals surface area contributed by atoms with Gasteiger partial charge in [-0.3, -0.25) is 4.79 Å². The van der Waals surface area contributed by atoms with Crippen LogP contribution in [-0.2, 0) is 0 Å². The van der Waals surface area contributed by atoms with Gasteiger partial charge in [0.2, 0.25) is 0 Å². The highest BCUT2D eigenvalue weighted by Gasteiger charge is 2.16. The molecule has 0 spiro atoms. The van der Waals surface area contributed by atoms with E-state index in [4.69, 9.17) is 5.11 Å². The van der Waals surface area contributed by atoms with Crippen LogP contribution < -0.4 is 5.32 Å². The molecule has 20 heavy (non-hydrogen) atoms. The van der Waals surface area contributed by atoms with Gasteiger partial charge in [0.1, 0.15) is 5.69 Å². The van der Waals surface area contributed by atoms with Crippen LogP contribution in [0.2, 0.25) is 0 Å². The lowest BCUT2D eigenvalue weighted by atomic mass is 10.1. The molecule has 0 saturated heterocycles. The predicted octanol–water partition coefficient (Wildman–Crippen LogP) is 1.49. The number of nitrogens with one attached hydrogen (secondary N) is 1. The minimum Gasteiger partial charge on any atom is -0.396 e. The Hall–Kier alpha value is -1.86. The summed E-state index contributed by atoms with van der Waals surface area (Å²) in [5, 5.41) is 14.1. The third kappa shape index (κ3) is 3.58. The van der Waals surface area contributed by atoms with Gasteiger partial charge in [0.25, 0.3) is 5.91 Å². The SMILES string of the molecule is CCC(CCO)NC(=O)c1csc(-c2ncccn2)n1. The monoisotopic (exact) mass is 292 g/mol. The molecule has 2 heterocycles. The third-order valence-corrected chi connectivity index (χ3v) is 3.64. The van der Waals surface area contributed by atoms with Gasteiger partial charge in [-0.25, -0.2) is 15.0 Å². The molecular formula is C13H16N4O2S. The topological polar surface area (TPSA) is 88.0 Å². The molecule has 2 aromatic rings. The quantitative estimate of drug-likeness (QED) is 0.842. The van der Waals surface area contributed by atoms with E-state index in [0.717, 1.165) is 6.42 Å². The van der Waals surface area contributed by atoms with Gasteiger partial charge in [0, 0.05) is 30.4 Å². The Kier molecular flexibility index (Phi) is 5.14. The van der Waals surface area contributed by atoms with E-state index in [-0.39, 0.29) is 18.6 Å². The average molecular weight is 292 g/mol. The zero-order valence-electron chi connectivity index (χ0n) is 11.1. The van der Waals surface area contributed by atoms with Crippen LogP contribution in [-0.4, -0.2) is 38.6 Å². The van der Waals surface area contributed by atoms with Crippen molar-refractivity contribution in [1.82, 2.24) is 20.3 Å². The summed E-state index contributed by atoms with van der Waals surface area (Å²) in [5.41, 5.74) is 0.355. The van der Waals surface area contributed by atoms with Gasteiger partial charge in [-0.2, -0.15) is 0 Å². The Morgan fingerprint density at radius 3 is 2.85 bits per heavy atom. The van der Waals surface area contributed by atoms with Crippen molar-refractivity contribution in [2.45, 2.75) is 25.8 Å². The number of amides is 1. The molecular weight excluding hydrogens is 276 g/mol. The maximum Gasteiger partial charge on any atom is 0.270 e. The van der Waals surface area contributed by atoms with E-state index in [1.54, 1.807) is 23.8 Å². The number of nitrogens with zero attached hydrogens (tertiary/aromatic N) is 3. The summed E-state index contributed by atoms with van der Waals surface area (Å²) < 4.78 is 0. The molecule has 0 radical (unpaired) electrons. The Labute approximate surface area is 120 Å². The molecule has 1 amide bonds. The number of thiazole rings is 1. The second kappa shape index (κ2) is 7.06. The Morgan fingerprint density at radius 1 is 1.45 bits per heavy atom. The van der Waals surface area contributed by atoms with Crippen molar-refractivity contribution >= 4 is 17.2 Å². The highest BCUT2D eigenvalue weighted by molar-refractivity contribution is 7.13. The maximum atomic E-state index is 12.0. The van der Waals surface area contributed by atoms with Crippen LogP contribution in [0.1, 0.15) is 30.3 Å². The van der Waals surface area contributed by atoms with Gasteiger partial charge in [0.15, 0.2) is 10.8 Å². The maximum absolute atomic E-state index is 12.0. The molecule has 0 aliphatic rings. The van der Waals surface area contributed by atoms with E-state index in [0.29, 0.717) is 22.9 Å². The van der Waals surface area contributed by atoms with Crippen molar-refractivity contribution in [3.05, 3.63) is 29.5 Å². The summed E-state index contributed by atoms with van der Waals surface area (Å²) in [5.74, 6) is 0.280. The number of carbonyl (C=O) groups is 1. The van der Waals surface area contributed by atoms with Crippen molar-refractivity contribution in [2.75, 3.05) is 6.61 Å². The van der Waals surface area contributed by atoms with Crippen molar-refractivity contribution in [3.63, 3.8) is 0 Å². The van der Waals surface area contributed by atoms with Crippen molar-refractivity contribution < 1.29 is 9.90 Å². The van der Waals surface area contributed by atoms with Crippen LogP contribution in [0, 0.1) is 0 Å². The van der Waals surface area contributed by atoms with E-state index >= 15 is 0 Å². The molecule has 0 saturated carbocycles. The molecule has 0 aliphatic carbocycles. The van der Waals surface area contributed by atoms with Gasteiger partial charge < -0.3 is 10.4 Å². The molecule has 2 aromatic heterocycles. The van der Waals surface area contributed by atoms with E-state index < -0.39 is 0 Å². The lowest BCUT2D eigenvalue weighted by Gasteiger charge is -2.14. The minimum atomic E-state index is -0.233. The van der Waals surface area contributed by atoms with Crippen molar-refractivity contribution in [1.29, 1.82) is 0 Å². The summed E-state index contributed by atoms with van der Waals surface area (Å²) in [6, 6.07) is 1.69. The fourth-order valence-electron chi connectivity index (χ4n) is 1.68. The van der Waals surface area contributed by atoms with Crippen molar-refractivity contribution in [3.8, 4) is 10.8 Å². The highest BCUT2D eigenvalue weighted by Crippen LogP contribution is 2.19. The largest absolute Gasteiger partial charge is 0.396 e. The molecule has 1 unspecified atom stereocenters. The first kappa shape index (κ1) is 14.5. The smallest absolute Gasteiger partial charge is 0.270 e. The lowest BCUT2D eigenvalue weighted by Crippen LogP contribution is -2.35. The predicted molar refractivity (Wildman–Crippen MR) is 76.4 cm³/mol. The molecule has 6 nitrogen and oxygen atoms in total. The fraction of sp³-hybridized carbons (Fsp3) is 0.385. The molecule has 0 aliphatic heterocycles. The van der Waals surface area contributed by atoms with Crippen molar-refractivity contribution in [2.24, 2.45) is 0 Å². The molecule has 106 valence electrons. The standard InChI is InChI=1S/C13H16N4O2S/c1-2-9(4-7-18)16-12(19)10-8-20-13(17-10)11-14-5-3-6-15-11/h3,5-6,8-9,18H,2,4,7H2,1H3,(H,16,19). The third-order valence-electron chi connectivity index (χ3n) is 2.80. The zero-order chi connectivity index (χ0) is 14.4. The molecule has 1 atom stereocenters. The van der Waals surface area contributed by atoms with Gasteiger partial charge >= 0.3 is 0 Å². The Balaban J connectivity index is 2.07. The Morgan fingerprint density at radius 2 is 2.20 bits per heavy atom. The summed E-state index contributed by atoms with van der Waals surface area (Å²) in [6.07, 6.45) is 4.59. The van der Waals surface area contributed by atoms with Gasteiger partial charge in [-0.05, 0) is 18.9 Å². The van der Waals surface area contributed by atoms with Crippen LogP contribution in [0.25, 0.3) is 10.8 Å². The summed E-state index contributed by atoms with van der Waals surface area (Å²) >= 11 is 1.33. The molecule has 2 N–H and O–H groups in total. The molecule has 7 heteroatoms. The number of hydrogen-bond donors (Lipinski definition) is 2. The number of aromatic nitrogens is 3. The summed E-state index contributed by atoms with van der Waals surface area (Å²) in [7, 11) is 0. The first-order valence-electron chi connectivity index (χ1n) is 6.39. The summed E-state index contributed by atoms with van der Waals surface area (Å²) in [4.78, 5) is 24.5.